The minimum atomic E-state index is -2.53. The van der Waals surface area contributed by atoms with E-state index in [2.05, 4.69) is 0 Å². The SMILES string of the molecule is [2H]C1=C([2H])C([2H])([2H])C([2H])=C([2H])C1([2H])[2H]. The van der Waals surface area contributed by atoms with Gasteiger partial charge in [0, 0.05) is 5.48 Å². The molecule has 0 amide bonds. The van der Waals surface area contributed by atoms with E-state index in [-0.39, 0.29) is 0 Å². The van der Waals surface area contributed by atoms with Crippen LogP contribution in [0, 0.1) is 0 Å². The van der Waals surface area contributed by atoms with Crippen LogP contribution in [0.3, 0.4) is 0 Å². The van der Waals surface area contributed by atoms with Crippen LogP contribution in [0.2, 0.25) is 0 Å². The zero-order valence-electron chi connectivity index (χ0n) is 11.0. The zero-order chi connectivity index (χ0) is 11.3. The van der Waals surface area contributed by atoms with Crippen molar-refractivity contribution >= 4 is 0 Å². The van der Waals surface area contributed by atoms with Gasteiger partial charge in [-0.1, -0.05) is 24.2 Å². The standard InChI is InChI=1S/C6H8/c1-2-4-6-5-3-1/h1-2,5-6H,3-4H2/i1D,2D,3D2,4D2,5D,6D. The van der Waals surface area contributed by atoms with Crippen molar-refractivity contribution in [1.82, 2.24) is 0 Å². The van der Waals surface area contributed by atoms with E-state index in [1.54, 1.807) is 0 Å². The third-order valence-electron chi connectivity index (χ3n) is 0.375. The summed E-state index contributed by atoms with van der Waals surface area (Å²) < 4.78 is 57.8. The second-order valence-corrected chi connectivity index (χ2v) is 0.750. The van der Waals surface area contributed by atoms with Gasteiger partial charge in [-0.25, -0.2) is 0 Å². The number of hydrogen-bond donors (Lipinski definition) is 0. The van der Waals surface area contributed by atoms with Gasteiger partial charge in [0.1, 0.15) is 0 Å². The van der Waals surface area contributed by atoms with Crippen LogP contribution in [-0.2, 0) is 0 Å². The molecule has 0 N–H and O–H groups in total. The van der Waals surface area contributed by atoms with Gasteiger partial charge < -0.3 is 0 Å². The normalized spacial score (nSPS) is 61.3. The molecule has 0 heterocycles. The smallest absolute Gasteiger partial charge is 0.0576 e. The summed E-state index contributed by atoms with van der Waals surface area (Å²) in [4.78, 5) is 0. The van der Waals surface area contributed by atoms with Gasteiger partial charge >= 0.3 is 0 Å². The van der Waals surface area contributed by atoms with Gasteiger partial charge in [0.25, 0.3) is 0 Å². The van der Waals surface area contributed by atoms with Gasteiger partial charge in [-0.15, -0.1) is 0 Å². The highest BCUT2D eigenvalue weighted by Gasteiger charge is 1.76. The van der Waals surface area contributed by atoms with Crippen LogP contribution in [0.1, 0.15) is 23.7 Å². The van der Waals surface area contributed by atoms with Crippen LogP contribution in [-0.4, -0.2) is 0 Å². The van der Waals surface area contributed by atoms with Gasteiger partial charge in [-0.2, -0.15) is 0 Å². The lowest BCUT2D eigenvalue weighted by Crippen LogP contribution is -1.66. The van der Waals surface area contributed by atoms with Crippen molar-refractivity contribution in [3.05, 3.63) is 24.2 Å². The molecule has 1 aliphatic rings. The number of allylic oxidation sites excluding steroid dienone is 4. The molecule has 32 valence electrons. The van der Waals surface area contributed by atoms with E-state index in [0.717, 1.165) is 0 Å². The molecule has 0 heteroatoms. The summed E-state index contributed by atoms with van der Waals surface area (Å²) in [6.07, 6.45) is -5.06. The average molecular weight is 88.2 g/mol. The lowest BCUT2D eigenvalue weighted by Gasteiger charge is -1.87. The molecule has 0 bridgehead atoms. The van der Waals surface area contributed by atoms with Crippen LogP contribution in [0.15, 0.2) is 24.2 Å². The second-order valence-electron chi connectivity index (χ2n) is 0.750. The fraction of sp³-hybridized carbons (Fsp3) is 0.333. The maximum absolute atomic E-state index is 7.24. The molecule has 0 radical (unpaired) electrons. The first-order valence-electron chi connectivity index (χ1n) is 5.50. The molecule has 0 spiro atoms. The summed E-state index contributed by atoms with van der Waals surface area (Å²) in [6.45, 7) is 0. The van der Waals surface area contributed by atoms with Crippen LogP contribution >= 0.6 is 0 Å². The van der Waals surface area contributed by atoms with E-state index >= 15 is 0 Å². The molecule has 1 rings (SSSR count). The third-order valence-corrected chi connectivity index (χ3v) is 0.375. The summed E-state index contributed by atoms with van der Waals surface area (Å²) in [7, 11) is 0. The van der Waals surface area contributed by atoms with Gasteiger partial charge in [-0.05, 0) is 12.7 Å². The van der Waals surface area contributed by atoms with Gasteiger partial charge in [0.2, 0.25) is 0 Å². The summed E-state index contributed by atoms with van der Waals surface area (Å²) in [5, 5.41) is 0. The molecule has 0 fully saturated rings. The predicted octanol–water partition coefficient (Wildman–Crippen LogP) is 1.89. The predicted molar refractivity (Wildman–Crippen MR) is 27.5 cm³/mol. The third kappa shape index (κ3) is 0.713. The van der Waals surface area contributed by atoms with E-state index < -0.39 is 37.0 Å². The van der Waals surface area contributed by atoms with Gasteiger partial charge in [0.05, 0.1) is 5.48 Å². The molecule has 1 aliphatic carbocycles. The number of rotatable bonds is 0. The van der Waals surface area contributed by atoms with Gasteiger partial charge in [0.15, 0.2) is 0 Å². The van der Waals surface area contributed by atoms with Crippen LogP contribution in [0.5, 0.6) is 0 Å². The zero-order valence-corrected chi connectivity index (χ0v) is 3.00. The molecular formula is C6H8. The first-order valence-corrected chi connectivity index (χ1v) is 1.50. The first-order chi connectivity index (χ1) is 6.13. The molecular weight excluding hydrogens is 72.1 g/mol. The highest BCUT2D eigenvalue weighted by Crippen LogP contribution is 1.97. The van der Waals surface area contributed by atoms with Crippen LogP contribution in [0.25, 0.3) is 0 Å². The minimum absolute atomic E-state index is 0.886. The largest absolute Gasteiger partial charge is 0.0844 e. The van der Waals surface area contributed by atoms with E-state index in [9.17, 15) is 0 Å². The summed E-state index contributed by atoms with van der Waals surface area (Å²) in [5.41, 5.74) is 0. The molecule has 0 unspecified atom stereocenters. The second kappa shape index (κ2) is 1.81. The molecule has 0 nitrogen and oxygen atoms in total. The summed E-state index contributed by atoms with van der Waals surface area (Å²) in [6, 6.07) is -3.54. The van der Waals surface area contributed by atoms with E-state index in [1.165, 1.54) is 0 Å². The molecule has 0 aliphatic heterocycles. The minimum Gasteiger partial charge on any atom is -0.0844 e. The Bertz CT molecular complexity index is 274. The molecule has 0 saturated carbocycles. The van der Waals surface area contributed by atoms with Crippen molar-refractivity contribution in [3.8, 4) is 0 Å². The summed E-state index contributed by atoms with van der Waals surface area (Å²) in [5.74, 6) is 0. The molecule has 0 aromatic rings. The van der Waals surface area contributed by atoms with Crippen LogP contribution in [0.4, 0.5) is 0 Å². The maximum atomic E-state index is 7.24. The highest BCUT2D eigenvalue weighted by molar-refractivity contribution is 5.02. The molecule has 0 aromatic carbocycles. The molecule has 0 saturated heterocycles. The van der Waals surface area contributed by atoms with Crippen molar-refractivity contribution < 1.29 is 11.0 Å². The Morgan fingerprint density at radius 2 is 1.50 bits per heavy atom. The van der Waals surface area contributed by atoms with Crippen LogP contribution < -0.4 is 0 Å². The van der Waals surface area contributed by atoms with E-state index in [0.29, 0.717) is 0 Å². The Hall–Kier alpha value is -0.520. The lowest BCUT2D eigenvalue weighted by molar-refractivity contribution is 1.23. The van der Waals surface area contributed by atoms with Crippen molar-refractivity contribution in [3.63, 3.8) is 0 Å². The van der Waals surface area contributed by atoms with E-state index in [4.69, 9.17) is 11.0 Å². The lowest BCUT2D eigenvalue weighted by atomic mass is 10.2. The fourth-order valence-electron chi connectivity index (χ4n) is 0.188. The quantitative estimate of drug-likeness (QED) is 0.397. The summed E-state index contributed by atoms with van der Waals surface area (Å²) >= 11 is 0. The fourth-order valence-corrected chi connectivity index (χ4v) is 0.188. The molecule has 0 aromatic heterocycles. The monoisotopic (exact) mass is 88.1 g/mol. The Morgan fingerprint density at radius 1 is 1.17 bits per heavy atom. The Morgan fingerprint density at radius 3 is 1.83 bits per heavy atom. The Kier molecular flexibility index (Phi) is 0.182. The van der Waals surface area contributed by atoms with Crippen molar-refractivity contribution in [1.29, 1.82) is 0 Å². The van der Waals surface area contributed by atoms with Crippen molar-refractivity contribution in [2.24, 2.45) is 0 Å². The van der Waals surface area contributed by atoms with E-state index in [1.807, 2.05) is 0 Å². The number of hydrogen-bond acceptors (Lipinski definition) is 0. The average Bonchev–Trinajstić information content (AvgIpc) is 2.11. The Balaban J connectivity index is 3.46. The molecule has 0 atom stereocenters. The molecule has 6 heavy (non-hydrogen) atoms. The Labute approximate surface area is 49.4 Å². The maximum Gasteiger partial charge on any atom is 0.0576 e. The topological polar surface area (TPSA) is 0 Å². The first kappa shape index (κ1) is 0.605. The highest BCUT2D eigenvalue weighted by atomic mass is 13.8. The van der Waals surface area contributed by atoms with Gasteiger partial charge in [-0.3, -0.25) is 0 Å². The van der Waals surface area contributed by atoms with Crippen molar-refractivity contribution in [2.75, 3.05) is 0 Å². The van der Waals surface area contributed by atoms with Crippen molar-refractivity contribution in [2.45, 2.75) is 12.7 Å².